The molecule has 0 rings (SSSR count). The zero-order chi connectivity index (χ0) is 13.4. The highest BCUT2D eigenvalue weighted by molar-refractivity contribution is 7.98. The van der Waals surface area contributed by atoms with Crippen LogP contribution in [0.2, 0.25) is 0 Å². The van der Waals surface area contributed by atoms with E-state index in [9.17, 15) is 14.4 Å². The minimum absolute atomic E-state index is 0.325. The van der Waals surface area contributed by atoms with Gasteiger partial charge in [0.1, 0.15) is 12.1 Å². The zero-order valence-corrected chi connectivity index (χ0v) is 10.5. The zero-order valence-electron chi connectivity index (χ0n) is 9.73. The maximum absolute atomic E-state index is 11.5. The molecule has 0 aliphatic rings. The van der Waals surface area contributed by atoms with E-state index in [-0.39, 0.29) is 0 Å². The lowest BCUT2D eigenvalue weighted by atomic mass is 10.2. The number of carbonyl (C=O) groups excluding carboxylic acids is 2. The number of nitrogens with two attached hydrogens (primary N) is 1. The van der Waals surface area contributed by atoms with Crippen molar-refractivity contribution >= 4 is 29.7 Å². The van der Waals surface area contributed by atoms with E-state index in [1.165, 1.54) is 18.7 Å². The molecule has 0 aromatic rings. The van der Waals surface area contributed by atoms with E-state index in [0.29, 0.717) is 12.2 Å². The molecule has 0 fully saturated rings. The Labute approximate surface area is 104 Å². The third-order valence-corrected chi connectivity index (χ3v) is 2.62. The Bertz CT molecular complexity index is 298. The fraction of sp³-hybridized carbons (Fsp3) is 0.667. The number of primary amides is 1. The van der Waals surface area contributed by atoms with E-state index in [1.54, 1.807) is 0 Å². The lowest BCUT2D eigenvalue weighted by molar-refractivity contribution is -0.142. The Morgan fingerprint density at radius 2 is 1.94 bits per heavy atom. The molecule has 0 radical (unpaired) electrons. The highest BCUT2D eigenvalue weighted by Crippen LogP contribution is 2.01. The number of hydrogen-bond donors (Lipinski definition) is 4. The third-order valence-electron chi connectivity index (χ3n) is 1.98. The predicted octanol–water partition coefficient (Wildman–Crippen LogP) is -0.634. The van der Waals surface area contributed by atoms with Gasteiger partial charge in [0, 0.05) is 0 Å². The number of hydrogen-bond acceptors (Lipinski definition) is 4. The van der Waals surface area contributed by atoms with Crippen LogP contribution in [0.15, 0.2) is 0 Å². The molecule has 0 aliphatic heterocycles. The van der Waals surface area contributed by atoms with Crippen molar-refractivity contribution in [2.24, 2.45) is 5.73 Å². The second-order valence-electron chi connectivity index (χ2n) is 3.41. The van der Waals surface area contributed by atoms with Gasteiger partial charge >= 0.3 is 12.0 Å². The normalized spacial score (nSPS) is 13.5. The third kappa shape index (κ3) is 6.67. The summed E-state index contributed by atoms with van der Waals surface area (Å²) < 4.78 is 0. The SMILES string of the molecule is CSCC[C@H](NC(=O)C(C)NC(N)=O)C(=O)O. The minimum atomic E-state index is -1.10. The largest absolute Gasteiger partial charge is 0.480 e. The smallest absolute Gasteiger partial charge is 0.326 e. The Hall–Kier alpha value is -1.44. The fourth-order valence-electron chi connectivity index (χ4n) is 1.07. The van der Waals surface area contributed by atoms with Crippen LogP contribution >= 0.6 is 11.8 Å². The molecule has 8 heteroatoms. The summed E-state index contributed by atoms with van der Waals surface area (Å²) in [6.07, 6.45) is 2.17. The van der Waals surface area contributed by atoms with Crippen molar-refractivity contribution in [1.29, 1.82) is 0 Å². The summed E-state index contributed by atoms with van der Waals surface area (Å²) in [5.74, 6) is -1.05. The maximum Gasteiger partial charge on any atom is 0.326 e. The molecule has 0 heterocycles. The van der Waals surface area contributed by atoms with Crippen LogP contribution in [0, 0.1) is 0 Å². The lowest BCUT2D eigenvalue weighted by Crippen LogP contribution is -2.51. The number of thioether (sulfide) groups is 1. The fourth-order valence-corrected chi connectivity index (χ4v) is 1.54. The standard InChI is InChI=1S/C9H17N3O4S/c1-5(11-9(10)16)7(13)12-6(8(14)15)3-4-17-2/h5-6H,3-4H2,1-2H3,(H,12,13)(H,14,15)(H3,10,11,16)/t5?,6-/m0/s1. The summed E-state index contributed by atoms with van der Waals surface area (Å²) in [6.45, 7) is 1.42. The number of amides is 3. The van der Waals surface area contributed by atoms with Crippen LogP contribution in [0.5, 0.6) is 0 Å². The van der Waals surface area contributed by atoms with Crippen molar-refractivity contribution in [1.82, 2.24) is 10.6 Å². The molecule has 0 aliphatic carbocycles. The second kappa shape index (κ2) is 7.77. The molecule has 5 N–H and O–H groups in total. The predicted molar refractivity (Wildman–Crippen MR) is 64.7 cm³/mol. The Morgan fingerprint density at radius 1 is 1.35 bits per heavy atom. The summed E-state index contributed by atoms with van der Waals surface area (Å²) in [4.78, 5) is 32.9. The molecule has 0 spiro atoms. The van der Waals surface area contributed by atoms with Gasteiger partial charge in [-0.2, -0.15) is 11.8 Å². The summed E-state index contributed by atoms with van der Waals surface area (Å²) >= 11 is 1.49. The van der Waals surface area contributed by atoms with Crippen molar-refractivity contribution < 1.29 is 19.5 Å². The summed E-state index contributed by atoms with van der Waals surface area (Å²) in [7, 11) is 0. The molecule has 3 amide bonds. The molecule has 2 atom stereocenters. The number of nitrogens with one attached hydrogen (secondary N) is 2. The van der Waals surface area contributed by atoms with Crippen LogP contribution in [0.25, 0.3) is 0 Å². The van der Waals surface area contributed by atoms with Crippen LogP contribution in [-0.4, -0.2) is 47.1 Å². The first kappa shape index (κ1) is 15.6. The van der Waals surface area contributed by atoms with Crippen molar-refractivity contribution in [3.8, 4) is 0 Å². The first-order valence-corrected chi connectivity index (χ1v) is 6.36. The molecular formula is C9H17N3O4S. The number of rotatable bonds is 7. The molecule has 0 saturated heterocycles. The number of aliphatic carboxylic acids is 1. The van der Waals surface area contributed by atoms with Crippen molar-refractivity contribution in [2.75, 3.05) is 12.0 Å². The molecule has 17 heavy (non-hydrogen) atoms. The van der Waals surface area contributed by atoms with Gasteiger partial charge in [0.25, 0.3) is 0 Å². The Morgan fingerprint density at radius 3 is 2.35 bits per heavy atom. The number of urea groups is 1. The van der Waals surface area contributed by atoms with E-state index in [2.05, 4.69) is 10.6 Å². The van der Waals surface area contributed by atoms with Gasteiger partial charge < -0.3 is 21.5 Å². The number of carboxylic acids is 1. The lowest BCUT2D eigenvalue weighted by Gasteiger charge is -2.17. The highest BCUT2D eigenvalue weighted by Gasteiger charge is 2.22. The summed E-state index contributed by atoms with van der Waals surface area (Å²) in [5, 5.41) is 13.4. The van der Waals surface area contributed by atoms with E-state index >= 15 is 0 Å². The van der Waals surface area contributed by atoms with E-state index in [1.807, 2.05) is 6.26 Å². The van der Waals surface area contributed by atoms with Gasteiger partial charge in [-0.15, -0.1) is 0 Å². The molecule has 0 aromatic carbocycles. The van der Waals surface area contributed by atoms with Crippen LogP contribution in [-0.2, 0) is 9.59 Å². The molecule has 0 saturated carbocycles. The average Bonchev–Trinajstić information content (AvgIpc) is 2.22. The second-order valence-corrected chi connectivity index (χ2v) is 4.40. The van der Waals surface area contributed by atoms with Crippen LogP contribution in [0.3, 0.4) is 0 Å². The number of carbonyl (C=O) groups is 3. The summed E-state index contributed by atoms with van der Waals surface area (Å²) in [6, 6.07) is -2.64. The Kier molecular flexibility index (Phi) is 7.11. The van der Waals surface area contributed by atoms with Gasteiger partial charge in [-0.05, 0) is 25.4 Å². The van der Waals surface area contributed by atoms with E-state index in [0.717, 1.165) is 0 Å². The van der Waals surface area contributed by atoms with Crippen LogP contribution in [0.1, 0.15) is 13.3 Å². The molecule has 98 valence electrons. The van der Waals surface area contributed by atoms with E-state index in [4.69, 9.17) is 10.8 Å². The van der Waals surface area contributed by atoms with Crippen LogP contribution in [0.4, 0.5) is 4.79 Å². The number of carboxylic acid groups (broad SMARTS) is 1. The summed E-state index contributed by atoms with van der Waals surface area (Å²) in [5.41, 5.74) is 4.85. The molecule has 0 bridgehead atoms. The van der Waals surface area contributed by atoms with Gasteiger partial charge in [-0.3, -0.25) is 4.79 Å². The van der Waals surface area contributed by atoms with Gasteiger partial charge in [0.15, 0.2) is 0 Å². The maximum atomic E-state index is 11.5. The molecule has 1 unspecified atom stereocenters. The average molecular weight is 263 g/mol. The minimum Gasteiger partial charge on any atom is -0.480 e. The monoisotopic (exact) mass is 263 g/mol. The quantitative estimate of drug-likeness (QED) is 0.487. The van der Waals surface area contributed by atoms with E-state index < -0.39 is 30.0 Å². The molecular weight excluding hydrogens is 246 g/mol. The topological polar surface area (TPSA) is 122 Å². The van der Waals surface area contributed by atoms with Crippen LogP contribution < -0.4 is 16.4 Å². The van der Waals surface area contributed by atoms with Crippen molar-refractivity contribution in [3.05, 3.63) is 0 Å². The molecule has 7 nitrogen and oxygen atoms in total. The Balaban J connectivity index is 4.29. The van der Waals surface area contributed by atoms with Crippen molar-refractivity contribution in [2.45, 2.75) is 25.4 Å². The van der Waals surface area contributed by atoms with Gasteiger partial charge in [0.05, 0.1) is 0 Å². The highest BCUT2D eigenvalue weighted by atomic mass is 32.2. The molecule has 0 aromatic heterocycles. The first-order valence-electron chi connectivity index (χ1n) is 4.96. The van der Waals surface area contributed by atoms with Crippen molar-refractivity contribution in [3.63, 3.8) is 0 Å². The van der Waals surface area contributed by atoms with Gasteiger partial charge in [-0.25, -0.2) is 9.59 Å². The first-order chi connectivity index (χ1) is 7.88. The van der Waals surface area contributed by atoms with Gasteiger partial charge in [-0.1, -0.05) is 0 Å². The van der Waals surface area contributed by atoms with Gasteiger partial charge in [0.2, 0.25) is 5.91 Å².